The van der Waals surface area contributed by atoms with E-state index in [9.17, 15) is 14.4 Å². The van der Waals surface area contributed by atoms with Gasteiger partial charge in [-0.3, -0.25) is 29.3 Å². The average molecular weight is 868 g/mol. The van der Waals surface area contributed by atoms with Gasteiger partial charge in [0.25, 0.3) is 5.56 Å². The van der Waals surface area contributed by atoms with Gasteiger partial charge in [0.15, 0.2) is 12.4 Å². The highest BCUT2D eigenvalue weighted by Gasteiger charge is 2.51. The van der Waals surface area contributed by atoms with E-state index in [1.165, 1.54) is 4.57 Å². The van der Waals surface area contributed by atoms with Gasteiger partial charge in [-0.2, -0.15) is 10.1 Å². The van der Waals surface area contributed by atoms with Crippen LogP contribution in [0.25, 0.3) is 21.8 Å². The van der Waals surface area contributed by atoms with Crippen LogP contribution in [0, 0.1) is 11.8 Å². The predicted molar refractivity (Wildman–Crippen MR) is 232 cm³/mol. The number of fused-ring (bicyclic) bond motifs is 6. The molecular formula is C44H48ClF2N11O4. The Balaban J connectivity index is 0.742. The third kappa shape index (κ3) is 6.69. The quantitative estimate of drug-likeness (QED) is 0.168. The molecule has 0 spiro atoms. The summed E-state index contributed by atoms with van der Waals surface area (Å²) in [5.41, 5.74) is 3.94. The Bertz CT molecular complexity index is 2700. The molecule has 4 atom stereocenters. The van der Waals surface area contributed by atoms with Gasteiger partial charge in [-0.1, -0.05) is 23.7 Å². The molecule has 62 heavy (non-hydrogen) atoms. The van der Waals surface area contributed by atoms with E-state index in [4.69, 9.17) is 26.4 Å². The summed E-state index contributed by atoms with van der Waals surface area (Å²) in [5.74, 6) is -2.80. The number of rotatable bonds is 8. The van der Waals surface area contributed by atoms with Crippen molar-refractivity contribution in [3.05, 3.63) is 63.7 Å². The number of nitrogens with one attached hydrogen (secondary N) is 3. The molecule has 0 radical (unpaired) electrons. The van der Waals surface area contributed by atoms with Crippen LogP contribution in [0.5, 0.6) is 5.75 Å². The van der Waals surface area contributed by atoms with Crippen molar-refractivity contribution < 1.29 is 23.1 Å². The zero-order chi connectivity index (χ0) is 42.6. The average Bonchev–Trinajstić information content (AvgIpc) is 4.05. The van der Waals surface area contributed by atoms with Crippen molar-refractivity contribution >= 4 is 74.0 Å². The first kappa shape index (κ1) is 39.3. The zero-order valence-electron chi connectivity index (χ0n) is 34.5. The molecule has 2 amide bonds. The molecule has 6 aliphatic heterocycles. The number of amides is 2. The van der Waals surface area contributed by atoms with Crippen LogP contribution in [0.2, 0.25) is 5.02 Å². The lowest BCUT2D eigenvalue weighted by molar-refractivity contribution is -0.134. The fraction of sp³-hybridized carbons (Fsp3) is 0.500. The van der Waals surface area contributed by atoms with Crippen molar-refractivity contribution in [2.75, 3.05) is 59.8 Å². The number of carbonyl (C=O) groups is 2. The van der Waals surface area contributed by atoms with Gasteiger partial charge in [-0.25, -0.2) is 13.8 Å². The molecule has 9 heterocycles. The number of anilines is 5. The minimum Gasteiger partial charge on any atom is -0.480 e. The van der Waals surface area contributed by atoms with Crippen molar-refractivity contribution in [2.24, 2.45) is 25.9 Å². The lowest BCUT2D eigenvalue weighted by Gasteiger charge is -2.58. The van der Waals surface area contributed by atoms with E-state index in [0.29, 0.717) is 77.1 Å². The van der Waals surface area contributed by atoms with E-state index in [2.05, 4.69) is 47.8 Å². The molecule has 3 unspecified atom stereocenters. The van der Waals surface area contributed by atoms with Gasteiger partial charge in [0, 0.05) is 81.8 Å². The van der Waals surface area contributed by atoms with Crippen LogP contribution in [-0.2, 0) is 23.7 Å². The van der Waals surface area contributed by atoms with Crippen LogP contribution >= 0.6 is 11.6 Å². The molecule has 18 heteroatoms. The molecule has 12 rings (SSSR count). The first-order valence-electron chi connectivity index (χ1n) is 21.7. The number of para-hydroxylation sites is 1. The summed E-state index contributed by atoms with van der Waals surface area (Å²) in [6.45, 7) is 3.78. The highest BCUT2D eigenvalue weighted by atomic mass is 35.5. The van der Waals surface area contributed by atoms with Crippen molar-refractivity contribution in [2.45, 2.75) is 74.9 Å². The van der Waals surface area contributed by atoms with Crippen LogP contribution < -0.4 is 36.0 Å². The van der Waals surface area contributed by atoms with Gasteiger partial charge in [-0.05, 0) is 74.6 Å². The molecule has 3 aromatic heterocycles. The van der Waals surface area contributed by atoms with Crippen LogP contribution in [0.15, 0.2) is 47.4 Å². The third-order valence-electron chi connectivity index (χ3n) is 14.0. The van der Waals surface area contributed by atoms with Crippen molar-refractivity contribution in [3.8, 4) is 5.75 Å². The lowest BCUT2D eigenvalue weighted by atomic mass is 9.85. The van der Waals surface area contributed by atoms with E-state index < -0.39 is 30.0 Å². The number of halogens is 3. The molecule has 2 aromatic carbocycles. The molecule has 7 aliphatic rings. The summed E-state index contributed by atoms with van der Waals surface area (Å²) >= 11 is 6.65. The summed E-state index contributed by atoms with van der Waals surface area (Å²) in [6.07, 6.45) is 6.96. The molecule has 5 aromatic rings. The topological polar surface area (TPSA) is 155 Å². The molecule has 15 nitrogen and oxygen atoms in total. The maximum absolute atomic E-state index is 15.2. The molecule has 3 N–H and O–H groups in total. The van der Waals surface area contributed by atoms with Crippen LogP contribution in [-0.4, -0.2) is 104 Å². The largest absolute Gasteiger partial charge is 0.480 e. The minimum atomic E-state index is -3.13. The Kier molecular flexibility index (Phi) is 9.37. The molecule has 1 aliphatic carbocycles. The number of carbonyl (C=O) groups excluding carboxylic acids is 2. The smallest absolute Gasteiger partial charge is 0.301 e. The maximum atomic E-state index is 15.2. The second-order valence-corrected chi connectivity index (χ2v) is 18.5. The van der Waals surface area contributed by atoms with E-state index in [1.54, 1.807) is 19.3 Å². The standard InChI is InChI=1S/C44H48ClF2N11O4/c1-54-32-10-8-25(16-30(32)36-38(42(54)61)62-22-44(46,47)39(51-36)24-6-7-24)49-40-31(45)18-48-43(52-40)57-14-12-23(13-15-57)19-56-20-26-17-27(21-56)58(26)33-5-3-4-28-35(53-55(2)37(28)33)29-9-11-34(59)50-41(29)60/h3-5,8,10,16,18,23-24,26-27,29,39,51H,6-7,9,11-15,17,19-22H2,1-2H3,(H,48,49,52)(H,50,59,60)/t26?,27?,29?,39-/m0/s1. The number of hydrogen-bond donors (Lipinski definition) is 3. The summed E-state index contributed by atoms with van der Waals surface area (Å²) in [7, 11) is 3.55. The number of imide groups is 1. The van der Waals surface area contributed by atoms with E-state index in [0.717, 1.165) is 74.3 Å². The number of pyridine rings is 1. The highest BCUT2D eigenvalue weighted by molar-refractivity contribution is 6.33. The predicted octanol–water partition coefficient (Wildman–Crippen LogP) is 5.53. The number of aromatic nitrogens is 5. The van der Waals surface area contributed by atoms with Gasteiger partial charge < -0.3 is 29.7 Å². The van der Waals surface area contributed by atoms with Gasteiger partial charge in [0.1, 0.15) is 5.02 Å². The van der Waals surface area contributed by atoms with Crippen LogP contribution in [0.1, 0.15) is 56.6 Å². The normalized spacial score (nSPS) is 25.2. The Morgan fingerprint density at radius 1 is 1.00 bits per heavy atom. The summed E-state index contributed by atoms with van der Waals surface area (Å²) in [6, 6.07) is 11.4. The Morgan fingerprint density at radius 3 is 2.55 bits per heavy atom. The minimum absolute atomic E-state index is 0.105. The Labute approximate surface area is 360 Å². The highest BCUT2D eigenvalue weighted by Crippen LogP contribution is 2.46. The van der Waals surface area contributed by atoms with Crippen molar-refractivity contribution in [1.29, 1.82) is 0 Å². The Morgan fingerprint density at radius 2 is 1.79 bits per heavy atom. The maximum Gasteiger partial charge on any atom is 0.301 e. The summed E-state index contributed by atoms with van der Waals surface area (Å²) in [4.78, 5) is 54.7. The molecule has 6 fully saturated rings. The van der Waals surface area contributed by atoms with Gasteiger partial charge in [0.05, 0.1) is 46.3 Å². The second kappa shape index (κ2) is 14.8. The van der Waals surface area contributed by atoms with Gasteiger partial charge in [0.2, 0.25) is 23.5 Å². The molecule has 5 saturated heterocycles. The Hall–Kier alpha value is -5.55. The van der Waals surface area contributed by atoms with Crippen molar-refractivity contribution in [1.82, 2.24) is 34.5 Å². The van der Waals surface area contributed by atoms with Crippen LogP contribution in [0.4, 0.5) is 37.6 Å². The van der Waals surface area contributed by atoms with Gasteiger partial charge >= 0.3 is 5.92 Å². The third-order valence-corrected chi connectivity index (χ3v) is 14.3. The number of ether oxygens (including phenoxy) is 1. The molecule has 324 valence electrons. The number of nitrogens with zero attached hydrogens (tertiary/aromatic N) is 8. The number of alkyl halides is 2. The first-order valence-corrected chi connectivity index (χ1v) is 22.1. The molecule has 2 bridgehead atoms. The fourth-order valence-electron chi connectivity index (χ4n) is 10.7. The summed E-state index contributed by atoms with van der Waals surface area (Å²) in [5, 5.41) is 15.6. The number of piperazine rings is 1. The SMILES string of the molecule is Cn1nc(C2CCC(=O)NC2=O)c2cccc(N3C4CC3CN(CC3CCN(c5ncc(Cl)c(Nc6ccc7c(c6)c6c(c(=O)n7C)OCC(F)(F)[C@H](C7CC7)N6)n5)CC3)C4)c21. The number of hydrogen-bond acceptors (Lipinski definition) is 12. The second-order valence-electron chi connectivity index (χ2n) is 18.1. The van der Waals surface area contributed by atoms with E-state index in [1.807, 2.05) is 29.9 Å². The van der Waals surface area contributed by atoms with Crippen molar-refractivity contribution in [3.63, 3.8) is 0 Å². The van der Waals surface area contributed by atoms with E-state index in [-0.39, 0.29) is 29.2 Å². The summed E-state index contributed by atoms with van der Waals surface area (Å²) < 4.78 is 39.2. The number of benzene rings is 2. The number of piperidine rings is 3. The lowest BCUT2D eigenvalue weighted by Crippen LogP contribution is -2.69. The number of aryl methyl sites for hydroxylation is 2. The van der Waals surface area contributed by atoms with Crippen LogP contribution in [0.3, 0.4) is 0 Å². The fourth-order valence-corrected chi connectivity index (χ4v) is 10.8. The van der Waals surface area contributed by atoms with Gasteiger partial charge in [-0.15, -0.1) is 0 Å². The zero-order valence-corrected chi connectivity index (χ0v) is 35.3. The molecule has 1 saturated carbocycles. The van der Waals surface area contributed by atoms with E-state index >= 15 is 8.78 Å². The first-order chi connectivity index (χ1) is 29.9. The monoisotopic (exact) mass is 867 g/mol. The molecular weight excluding hydrogens is 820 g/mol.